The van der Waals surface area contributed by atoms with Crippen LogP contribution in [0.25, 0.3) is 32.2 Å². The normalized spacial score (nSPS) is 13.9. The summed E-state index contributed by atoms with van der Waals surface area (Å²) in [6.07, 6.45) is 1.74. The molecule has 2 N–H and O–H groups in total. The van der Waals surface area contributed by atoms with Gasteiger partial charge in [0.15, 0.2) is 0 Å². The fraction of sp³-hybridized carbons (Fsp3) is 0.179. The third-order valence-corrected chi connectivity index (χ3v) is 7.42. The van der Waals surface area contributed by atoms with Crippen LogP contribution in [0.1, 0.15) is 15.9 Å². The molecule has 0 bridgehead atoms. The Morgan fingerprint density at radius 1 is 1.03 bits per heavy atom. The number of aromatic nitrogens is 2. The first-order valence-corrected chi connectivity index (χ1v) is 12.7. The van der Waals surface area contributed by atoms with Gasteiger partial charge < -0.3 is 15.5 Å². The van der Waals surface area contributed by atoms with E-state index >= 15 is 4.39 Å². The molecule has 0 aliphatic carbocycles. The maximum atomic E-state index is 15.3. The van der Waals surface area contributed by atoms with Gasteiger partial charge >= 0.3 is 0 Å². The van der Waals surface area contributed by atoms with Crippen LogP contribution >= 0.6 is 11.3 Å². The number of piperazine rings is 1. The molecule has 1 amide bonds. The predicted molar refractivity (Wildman–Crippen MR) is 144 cm³/mol. The number of nitrogens with zero attached hydrogens (tertiary/aromatic N) is 3. The van der Waals surface area contributed by atoms with Crippen LogP contribution in [0.4, 0.5) is 15.8 Å². The molecule has 180 valence electrons. The van der Waals surface area contributed by atoms with Gasteiger partial charge in [0.2, 0.25) is 0 Å². The van der Waals surface area contributed by atoms with Crippen molar-refractivity contribution in [2.75, 3.05) is 31.5 Å². The summed E-state index contributed by atoms with van der Waals surface area (Å²) in [5.74, 6) is -0.532. The highest BCUT2D eigenvalue weighted by atomic mass is 32.1. The molecule has 1 fully saturated rings. The number of halogens is 1. The fourth-order valence-corrected chi connectivity index (χ4v) is 5.35. The van der Waals surface area contributed by atoms with Crippen molar-refractivity contribution in [3.05, 3.63) is 83.2 Å². The molecule has 0 radical (unpaired) electrons. The third-order valence-electron chi connectivity index (χ3n) is 6.61. The molecule has 5 aromatic rings. The number of hydrogen-bond acceptors (Lipinski definition) is 6. The van der Waals surface area contributed by atoms with Crippen LogP contribution in [0.15, 0.2) is 66.3 Å². The highest BCUT2D eigenvalue weighted by molar-refractivity contribution is 7.16. The van der Waals surface area contributed by atoms with Crippen molar-refractivity contribution in [2.24, 2.45) is 0 Å². The number of hydrogen-bond donors (Lipinski definition) is 2. The van der Waals surface area contributed by atoms with Gasteiger partial charge in [-0.1, -0.05) is 12.1 Å². The molecule has 2 aromatic heterocycles. The molecular formula is C28H24FN5OS. The van der Waals surface area contributed by atoms with Crippen LogP contribution in [0, 0.1) is 12.7 Å². The van der Waals surface area contributed by atoms with Crippen molar-refractivity contribution in [3.63, 3.8) is 0 Å². The Hall–Kier alpha value is -3.88. The first-order chi connectivity index (χ1) is 17.6. The summed E-state index contributed by atoms with van der Waals surface area (Å²) in [4.78, 5) is 23.6. The number of anilines is 2. The number of nitrogens with one attached hydrogen (secondary N) is 2. The lowest BCUT2D eigenvalue weighted by molar-refractivity contribution is 0.0734. The number of carbonyl (C=O) groups excluding carboxylic acids is 1. The lowest BCUT2D eigenvalue weighted by Gasteiger charge is -2.28. The van der Waals surface area contributed by atoms with Crippen molar-refractivity contribution in [2.45, 2.75) is 6.92 Å². The fourth-order valence-electron chi connectivity index (χ4n) is 4.69. The standard InChI is InChI=1S/C28H24FN5OS/c1-17-12-22(23(29)15-21(17)28(35)34-10-8-30-9-11-34)18-2-4-20-24(6-7-31-25(20)13-18)33-19-3-5-27-26(14-19)32-16-36-27/h2-7,12-16,30H,8-11H2,1H3,(H,31,33). The summed E-state index contributed by atoms with van der Waals surface area (Å²) in [5.41, 5.74) is 7.76. The van der Waals surface area contributed by atoms with E-state index in [0.717, 1.165) is 56.7 Å². The Bertz CT molecular complexity index is 1610. The zero-order valence-electron chi connectivity index (χ0n) is 19.7. The Labute approximate surface area is 211 Å². The first-order valence-electron chi connectivity index (χ1n) is 11.9. The Balaban J connectivity index is 1.32. The summed E-state index contributed by atoms with van der Waals surface area (Å²) in [6.45, 7) is 4.63. The highest BCUT2D eigenvalue weighted by Gasteiger charge is 2.21. The van der Waals surface area contributed by atoms with E-state index in [2.05, 4.69) is 26.7 Å². The molecule has 0 saturated carbocycles. The van der Waals surface area contributed by atoms with Crippen LogP contribution in [-0.4, -0.2) is 47.0 Å². The minimum absolute atomic E-state index is 0.119. The van der Waals surface area contributed by atoms with E-state index in [4.69, 9.17) is 0 Å². The minimum Gasteiger partial charge on any atom is -0.355 e. The minimum atomic E-state index is -0.413. The van der Waals surface area contributed by atoms with Crippen molar-refractivity contribution in [3.8, 4) is 11.1 Å². The number of amides is 1. The van der Waals surface area contributed by atoms with Gasteiger partial charge in [-0.15, -0.1) is 11.3 Å². The van der Waals surface area contributed by atoms with Gasteiger partial charge in [-0.3, -0.25) is 9.78 Å². The number of fused-ring (bicyclic) bond motifs is 2. The predicted octanol–water partition coefficient (Wildman–Crippen LogP) is 5.75. The molecule has 1 aliphatic heterocycles. The number of thiazole rings is 1. The second-order valence-corrected chi connectivity index (χ2v) is 9.83. The van der Waals surface area contributed by atoms with Crippen molar-refractivity contribution < 1.29 is 9.18 Å². The largest absolute Gasteiger partial charge is 0.355 e. The van der Waals surface area contributed by atoms with Crippen LogP contribution in [0.5, 0.6) is 0 Å². The van der Waals surface area contributed by atoms with E-state index in [9.17, 15) is 4.79 Å². The molecule has 0 spiro atoms. The molecule has 6 nitrogen and oxygen atoms in total. The third kappa shape index (κ3) is 4.19. The summed E-state index contributed by atoms with van der Waals surface area (Å²) in [6, 6.07) is 16.9. The van der Waals surface area contributed by atoms with E-state index in [0.29, 0.717) is 24.2 Å². The molecule has 0 atom stereocenters. The van der Waals surface area contributed by atoms with E-state index < -0.39 is 5.82 Å². The van der Waals surface area contributed by atoms with Crippen LogP contribution < -0.4 is 10.6 Å². The van der Waals surface area contributed by atoms with Gasteiger partial charge in [-0.2, -0.15) is 0 Å². The second kappa shape index (κ2) is 9.29. The molecule has 3 heterocycles. The molecule has 6 rings (SSSR count). The van der Waals surface area contributed by atoms with Crippen molar-refractivity contribution in [1.82, 2.24) is 20.2 Å². The summed E-state index contributed by atoms with van der Waals surface area (Å²) < 4.78 is 16.4. The van der Waals surface area contributed by atoms with Crippen molar-refractivity contribution >= 4 is 49.7 Å². The van der Waals surface area contributed by atoms with Gasteiger partial charge in [0.25, 0.3) is 5.91 Å². The van der Waals surface area contributed by atoms with Gasteiger partial charge in [0.05, 0.1) is 21.2 Å². The van der Waals surface area contributed by atoms with Crippen molar-refractivity contribution in [1.29, 1.82) is 0 Å². The van der Waals surface area contributed by atoms with E-state index in [1.165, 1.54) is 6.07 Å². The zero-order chi connectivity index (χ0) is 24.6. The lowest BCUT2D eigenvalue weighted by Crippen LogP contribution is -2.46. The average Bonchev–Trinajstić information content (AvgIpc) is 3.38. The maximum absolute atomic E-state index is 15.3. The number of aryl methyl sites for hydroxylation is 1. The molecule has 0 unspecified atom stereocenters. The Morgan fingerprint density at radius 3 is 2.75 bits per heavy atom. The second-order valence-electron chi connectivity index (χ2n) is 8.94. The first kappa shape index (κ1) is 22.6. The van der Waals surface area contributed by atoms with Gasteiger partial charge in [-0.25, -0.2) is 9.37 Å². The number of carbonyl (C=O) groups is 1. The van der Waals surface area contributed by atoms with E-state index in [1.807, 2.05) is 48.8 Å². The number of benzene rings is 3. The summed E-state index contributed by atoms with van der Waals surface area (Å²) in [5, 5.41) is 7.63. The molecular weight excluding hydrogens is 473 g/mol. The molecule has 3 aromatic carbocycles. The molecule has 8 heteroatoms. The number of pyridine rings is 1. The monoisotopic (exact) mass is 497 g/mol. The summed E-state index contributed by atoms with van der Waals surface area (Å²) in [7, 11) is 0. The Kier molecular flexibility index (Phi) is 5.83. The highest BCUT2D eigenvalue weighted by Crippen LogP contribution is 2.32. The van der Waals surface area contributed by atoms with Crippen LogP contribution in [0.3, 0.4) is 0 Å². The summed E-state index contributed by atoms with van der Waals surface area (Å²) >= 11 is 1.61. The number of rotatable bonds is 4. The smallest absolute Gasteiger partial charge is 0.254 e. The van der Waals surface area contributed by atoms with Crippen LogP contribution in [0.2, 0.25) is 0 Å². The van der Waals surface area contributed by atoms with Crippen LogP contribution in [-0.2, 0) is 0 Å². The van der Waals surface area contributed by atoms with E-state index in [-0.39, 0.29) is 5.91 Å². The maximum Gasteiger partial charge on any atom is 0.254 e. The van der Waals surface area contributed by atoms with Gasteiger partial charge in [0.1, 0.15) is 5.82 Å². The molecule has 36 heavy (non-hydrogen) atoms. The Morgan fingerprint density at radius 2 is 1.89 bits per heavy atom. The van der Waals surface area contributed by atoms with E-state index in [1.54, 1.807) is 28.5 Å². The molecule has 1 aliphatic rings. The average molecular weight is 498 g/mol. The lowest BCUT2D eigenvalue weighted by atomic mass is 9.97. The van der Waals surface area contributed by atoms with Gasteiger partial charge in [-0.05, 0) is 60.5 Å². The topological polar surface area (TPSA) is 70.2 Å². The zero-order valence-corrected chi connectivity index (χ0v) is 20.5. The SMILES string of the molecule is Cc1cc(-c2ccc3c(Nc4ccc5scnc5c4)ccnc3c2)c(F)cc1C(=O)N1CCNCC1. The quantitative estimate of drug-likeness (QED) is 0.331. The van der Waals surface area contributed by atoms with Gasteiger partial charge in [0, 0.05) is 60.3 Å². The molecule has 1 saturated heterocycles.